The number of nitrogens with one attached hydrogen (secondary N) is 5. The number of carbonyl (C=O) groups is 4. The third-order valence-corrected chi connectivity index (χ3v) is 12.4. The van der Waals surface area contributed by atoms with E-state index in [1.807, 2.05) is 91.7 Å². The Balaban J connectivity index is 0.953. The molecule has 2 saturated heterocycles. The molecular formula is C44H48N10O5S. The fourth-order valence-electron chi connectivity index (χ4n) is 8.12. The van der Waals surface area contributed by atoms with Gasteiger partial charge >= 0.3 is 12.1 Å². The number of methoxy groups -OCH3 is 1. The first-order chi connectivity index (χ1) is 29.1. The van der Waals surface area contributed by atoms with E-state index in [4.69, 9.17) is 14.7 Å². The number of H-pyrrole nitrogens is 2. The molecule has 3 aromatic carbocycles. The Hall–Kier alpha value is -6.55. The molecule has 4 atom stereocenters. The first-order valence-electron chi connectivity index (χ1n) is 20.2. The number of benzene rings is 3. The van der Waals surface area contributed by atoms with Crippen molar-refractivity contribution in [1.82, 2.24) is 50.7 Å². The molecule has 2 aliphatic rings. The Bertz CT molecular complexity index is 2500. The van der Waals surface area contributed by atoms with Crippen LogP contribution < -0.4 is 16.0 Å². The summed E-state index contributed by atoms with van der Waals surface area (Å²) >= 11 is 1.61. The number of nitrogens with zero attached hydrogens (tertiary/aromatic N) is 5. The van der Waals surface area contributed by atoms with Gasteiger partial charge in [-0.1, -0.05) is 74.5 Å². The first kappa shape index (κ1) is 40.2. The number of amides is 5. The smallest absolute Gasteiger partial charge is 0.407 e. The van der Waals surface area contributed by atoms with Gasteiger partial charge in [0.05, 0.1) is 53.2 Å². The second kappa shape index (κ2) is 17.4. The minimum Gasteiger partial charge on any atom is -0.453 e. The molecule has 0 bridgehead atoms. The zero-order chi connectivity index (χ0) is 41.9. The van der Waals surface area contributed by atoms with Gasteiger partial charge < -0.3 is 40.5 Å². The van der Waals surface area contributed by atoms with E-state index in [1.165, 1.54) is 14.2 Å². The second-order valence-corrected chi connectivity index (χ2v) is 16.5. The Kier molecular flexibility index (Phi) is 11.6. The largest absolute Gasteiger partial charge is 0.453 e. The lowest BCUT2D eigenvalue weighted by Gasteiger charge is -2.30. The van der Waals surface area contributed by atoms with Crippen LogP contribution >= 0.6 is 11.3 Å². The number of aromatic nitrogens is 5. The van der Waals surface area contributed by atoms with Crippen LogP contribution in [0.4, 0.5) is 9.59 Å². The average Bonchev–Trinajstić information content (AvgIpc) is 4.13. The number of imidazole rings is 2. The highest BCUT2D eigenvalue weighted by Crippen LogP contribution is 2.37. The zero-order valence-corrected chi connectivity index (χ0v) is 34.7. The van der Waals surface area contributed by atoms with Crippen LogP contribution in [-0.4, -0.2) is 91.9 Å². The van der Waals surface area contributed by atoms with E-state index >= 15 is 0 Å². The summed E-state index contributed by atoms with van der Waals surface area (Å²) in [4.78, 5) is 76.8. The van der Waals surface area contributed by atoms with Crippen LogP contribution in [0.5, 0.6) is 0 Å². The summed E-state index contributed by atoms with van der Waals surface area (Å²) in [7, 11) is 2.82. The minimum atomic E-state index is -0.826. The van der Waals surface area contributed by atoms with E-state index in [2.05, 4.69) is 37.0 Å². The Morgan fingerprint density at radius 3 is 2.00 bits per heavy atom. The van der Waals surface area contributed by atoms with E-state index in [1.54, 1.807) is 22.4 Å². The summed E-state index contributed by atoms with van der Waals surface area (Å²) in [6.45, 7) is 4.95. The molecule has 3 aromatic heterocycles. The predicted octanol–water partition coefficient (Wildman–Crippen LogP) is 7.12. The average molecular weight is 829 g/mol. The van der Waals surface area contributed by atoms with Gasteiger partial charge in [0.1, 0.15) is 28.7 Å². The van der Waals surface area contributed by atoms with Crippen molar-refractivity contribution >= 4 is 45.5 Å². The summed E-state index contributed by atoms with van der Waals surface area (Å²) in [6.07, 6.45) is 6.18. The molecule has 15 nitrogen and oxygen atoms in total. The number of aromatic amines is 2. The molecule has 5 amide bonds. The monoisotopic (exact) mass is 828 g/mol. The quantitative estimate of drug-likeness (QED) is 0.0912. The van der Waals surface area contributed by atoms with Gasteiger partial charge in [-0.3, -0.25) is 9.59 Å². The highest BCUT2D eigenvalue weighted by Gasteiger charge is 2.38. The SMILES string of the molecule is CNC(=O)N[C@@H](C(=O)N1CCC[C@H]1c1ncc(-c2ccc3nc(-c4ccc(-c5cnc([C@@H]6CCCN6C(=O)[C@@H](NC(=O)OC)C(C)C)[nH]5)cc4)sc3c2)[nH]1)c1ccccc1. The Morgan fingerprint density at radius 2 is 1.38 bits per heavy atom. The third-order valence-electron chi connectivity index (χ3n) is 11.3. The maximum absolute atomic E-state index is 14.0. The van der Waals surface area contributed by atoms with Crippen LogP contribution in [0, 0.1) is 5.92 Å². The van der Waals surface area contributed by atoms with E-state index in [-0.39, 0.29) is 29.8 Å². The molecule has 310 valence electrons. The number of alkyl carbamates (subject to hydrolysis) is 1. The van der Waals surface area contributed by atoms with Crippen molar-refractivity contribution in [1.29, 1.82) is 0 Å². The Morgan fingerprint density at radius 1 is 0.783 bits per heavy atom. The number of ether oxygens (including phenoxy) is 1. The molecule has 60 heavy (non-hydrogen) atoms. The fraction of sp³-hybridized carbons (Fsp3) is 0.341. The van der Waals surface area contributed by atoms with E-state index in [9.17, 15) is 19.2 Å². The maximum Gasteiger partial charge on any atom is 0.407 e. The second-order valence-electron chi connectivity index (χ2n) is 15.4. The molecule has 2 aliphatic heterocycles. The highest BCUT2D eigenvalue weighted by atomic mass is 32.1. The van der Waals surface area contributed by atoms with Gasteiger partial charge in [0.2, 0.25) is 11.8 Å². The van der Waals surface area contributed by atoms with Crippen LogP contribution in [0.1, 0.15) is 74.9 Å². The molecule has 16 heteroatoms. The van der Waals surface area contributed by atoms with Crippen molar-refractivity contribution in [3.63, 3.8) is 0 Å². The van der Waals surface area contributed by atoms with Crippen LogP contribution in [0.15, 0.2) is 85.2 Å². The minimum absolute atomic E-state index is 0.111. The molecule has 0 spiro atoms. The number of rotatable bonds is 11. The number of hydrogen-bond donors (Lipinski definition) is 5. The number of likely N-dealkylation sites (tertiary alicyclic amines) is 2. The van der Waals surface area contributed by atoms with E-state index in [0.29, 0.717) is 30.3 Å². The summed E-state index contributed by atoms with van der Waals surface area (Å²) < 4.78 is 5.79. The van der Waals surface area contributed by atoms with Gasteiger partial charge in [-0.05, 0) is 54.9 Å². The number of hydrogen-bond acceptors (Lipinski definition) is 9. The predicted molar refractivity (Wildman–Crippen MR) is 229 cm³/mol. The molecule has 0 unspecified atom stereocenters. The molecule has 2 fully saturated rings. The standard InChI is InChI=1S/C44H48N10O5S/c1-25(2)36(52-44(58)59-4)41(55)53-20-8-12-33(53)38-46-23-31(48-38)26-14-16-28(17-15-26)40-50-30-19-18-29(22-35(30)60-40)32-24-47-39(49-32)34-13-9-21-54(34)42(56)37(51-43(57)45-3)27-10-6-5-7-11-27/h5-7,10-11,14-19,22-25,33-34,36-37H,8-9,12-13,20-21H2,1-4H3,(H,46,48)(H,47,49)(H,52,58)(H2,45,51,57)/t33-,34-,36-,37+/m0/s1. The molecular weight excluding hydrogens is 781 g/mol. The van der Waals surface area contributed by atoms with Gasteiger partial charge in [-0.15, -0.1) is 11.3 Å². The molecule has 8 rings (SSSR count). The van der Waals surface area contributed by atoms with Gasteiger partial charge in [-0.2, -0.15) is 0 Å². The molecule has 0 saturated carbocycles. The first-order valence-corrected chi connectivity index (χ1v) is 21.0. The fourth-order valence-corrected chi connectivity index (χ4v) is 9.13. The lowest BCUT2D eigenvalue weighted by Crippen LogP contribution is -2.51. The van der Waals surface area contributed by atoms with Crippen molar-refractivity contribution in [3.05, 3.63) is 102 Å². The summed E-state index contributed by atoms with van der Waals surface area (Å²) in [6, 6.07) is 21.2. The normalized spacial score (nSPS) is 17.5. The lowest BCUT2D eigenvalue weighted by atomic mass is 10.0. The van der Waals surface area contributed by atoms with Crippen LogP contribution in [-0.2, 0) is 14.3 Å². The van der Waals surface area contributed by atoms with Gasteiger partial charge in [0.25, 0.3) is 0 Å². The number of fused-ring (bicyclic) bond motifs is 1. The third kappa shape index (κ3) is 8.19. The number of carbonyl (C=O) groups excluding carboxylic acids is 4. The van der Waals surface area contributed by atoms with E-state index < -0.39 is 24.2 Å². The van der Waals surface area contributed by atoms with Gasteiger partial charge in [-0.25, -0.2) is 24.5 Å². The molecule has 5 N–H and O–H groups in total. The summed E-state index contributed by atoms with van der Waals surface area (Å²) in [5.41, 5.74) is 6.20. The highest BCUT2D eigenvalue weighted by molar-refractivity contribution is 7.21. The van der Waals surface area contributed by atoms with Crippen LogP contribution in [0.25, 0.3) is 43.3 Å². The van der Waals surface area contributed by atoms with Crippen molar-refractivity contribution in [2.24, 2.45) is 5.92 Å². The molecule has 0 aliphatic carbocycles. The summed E-state index contributed by atoms with van der Waals surface area (Å²) in [5, 5.41) is 8.98. The van der Waals surface area contributed by atoms with Gasteiger partial charge in [0.15, 0.2) is 0 Å². The van der Waals surface area contributed by atoms with Crippen molar-refractivity contribution < 1.29 is 23.9 Å². The molecule has 5 heterocycles. The van der Waals surface area contributed by atoms with Crippen molar-refractivity contribution in [3.8, 4) is 33.1 Å². The number of thiazole rings is 1. The summed E-state index contributed by atoms with van der Waals surface area (Å²) in [5.74, 6) is 0.989. The molecule has 6 aromatic rings. The lowest BCUT2D eigenvalue weighted by molar-refractivity contribution is -0.135. The van der Waals surface area contributed by atoms with E-state index in [0.717, 1.165) is 69.0 Å². The van der Waals surface area contributed by atoms with Gasteiger partial charge in [0, 0.05) is 31.3 Å². The molecule has 0 radical (unpaired) electrons. The van der Waals surface area contributed by atoms with Crippen LogP contribution in [0.2, 0.25) is 0 Å². The van der Waals surface area contributed by atoms with Crippen LogP contribution in [0.3, 0.4) is 0 Å². The topological polar surface area (TPSA) is 190 Å². The zero-order valence-electron chi connectivity index (χ0n) is 33.9. The van der Waals surface area contributed by atoms with Crippen molar-refractivity contribution in [2.75, 3.05) is 27.2 Å². The number of urea groups is 1. The Labute approximate surface area is 351 Å². The maximum atomic E-state index is 14.0. The van der Waals surface area contributed by atoms with Crippen molar-refractivity contribution in [2.45, 2.75) is 63.7 Å².